The van der Waals surface area contributed by atoms with Crippen molar-refractivity contribution < 1.29 is 9.84 Å². The van der Waals surface area contributed by atoms with Crippen LogP contribution in [0.4, 0.5) is 5.69 Å². The first-order valence-corrected chi connectivity index (χ1v) is 11.3. The normalized spacial score (nSPS) is 11.3. The maximum Gasteiger partial charge on any atom is 0.261 e. The van der Waals surface area contributed by atoms with E-state index in [0.717, 1.165) is 45.6 Å². The smallest absolute Gasteiger partial charge is 0.261 e. The zero-order chi connectivity index (χ0) is 24.4. The lowest BCUT2D eigenvalue weighted by atomic mass is 9.98. The van der Waals surface area contributed by atoms with Gasteiger partial charge in [-0.25, -0.2) is 9.97 Å². The van der Waals surface area contributed by atoms with E-state index in [9.17, 15) is 9.90 Å². The number of H-pyrrole nitrogens is 2. The fourth-order valence-corrected chi connectivity index (χ4v) is 4.34. The van der Waals surface area contributed by atoms with Gasteiger partial charge >= 0.3 is 0 Å². The summed E-state index contributed by atoms with van der Waals surface area (Å²) in [6.45, 7) is 0.146. The molecule has 3 aromatic heterocycles. The summed E-state index contributed by atoms with van der Waals surface area (Å²) < 4.78 is 7.56. The lowest BCUT2D eigenvalue weighted by Crippen LogP contribution is -2.11. The van der Waals surface area contributed by atoms with Crippen molar-refractivity contribution in [3.63, 3.8) is 0 Å². The number of aliphatic hydroxyl groups is 1. The second-order valence-corrected chi connectivity index (χ2v) is 8.34. The Morgan fingerprint density at radius 2 is 2.06 bits per heavy atom. The molecule has 0 bridgehead atoms. The number of imidazole rings is 2. The summed E-state index contributed by atoms with van der Waals surface area (Å²) in [5.74, 6) is 1.19. The van der Waals surface area contributed by atoms with Gasteiger partial charge in [0.1, 0.15) is 17.1 Å². The molecule has 0 saturated heterocycles. The summed E-state index contributed by atoms with van der Waals surface area (Å²) in [5, 5.41) is 9.23. The van der Waals surface area contributed by atoms with Crippen LogP contribution in [0.3, 0.4) is 0 Å². The number of aliphatic hydroxyl groups excluding tert-OH is 1. The highest BCUT2D eigenvalue weighted by molar-refractivity contribution is 5.86. The molecule has 9 heteroatoms. The minimum absolute atomic E-state index is 0.146. The number of fused-ring (bicyclic) bond motifs is 1. The molecule has 0 spiro atoms. The third-order valence-corrected chi connectivity index (χ3v) is 6.03. The topological polar surface area (TPSA) is 135 Å². The van der Waals surface area contributed by atoms with E-state index in [2.05, 4.69) is 27.1 Å². The van der Waals surface area contributed by atoms with E-state index < -0.39 is 0 Å². The van der Waals surface area contributed by atoms with Gasteiger partial charge in [0.15, 0.2) is 0 Å². The fourth-order valence-electron chi connectivity index (χ4n) is 4.34. The van der Waals surface area contributed by atoms with E-state index in [1.165, 1.54) is 6.20 Å². The van der Waals surface area contributed by atoms with Gasteiger partial charge in [0.2, 0.25) is 0 Å². The van der Waals surface area contributed by atoms with E-state index >= 15 is 0 Å². The quantitative estimate of drug-likeness (QED) is 0.275. The van der Waals surface area contributed by atoms with Gasteiger partial charge in [-0.2, -0.15) is 0 Å². The summed E-state index contributed by atoms with van der Waals surface area (Å²) in [6.07, 6.45) is 8.88. The van der Waals surface area contributed by atoms with Crippen molar-refractivity contribution in [2.45, 2.75) is 19.3 Å². The highest BCUT2D eigenvalue weighted by atomic mass is 16.5. The number of ether oxygens (including phenoxy) is 1. The molecule has 0 aliphatic rings. The average Bonchev–Trinajstić information content (AvgIpc) is 3.53. The number of benzene rings is 2. The van der Waals surface area contributed by atoms with Crippen LogP contribution >= 0.6 is 0 Å². The number of nitrogens with one attached hydrogen (secondary N) is 2. The number of nitrogens with zero attached hydrogens (tertiary/aromatic N) is 3. The molecule has 0 radical (unpaired) electrons. The predicted octanol–water partition coefficient (Wildman–Crippen LogP) is 3.21. The molecule has 178 valence electrons. The molecule has 5 N–H and O–H groups in total. The van der Waals surface area contributed by atoms with E-state index in [-0.39, 0.29) is 12.2 Å². The third-order valence-electron chi connectivity index (χ3n) is 6.03. The van der Waals surface area contributed by atoms with E-state index in [0.29, 0.717) is 29.9 Å². The predicted molar refractivity (Wildman–Crippen MR) is 135 cm³/mol. The molecule has 5 aromatic rings. The first kappa shape index (κ1) is 22.4. The number of aromatic amines is 2. The highest BCUT2D eigenvalue weighted by Gasteiger charge is 2.17. The van der Waals surface area contributed by atoms with E-state index in [1.807, 2.05) is 29.0 Å². The van der Waals surface area contributed by atoms with Crippen LogP contribution in [-0.4, -0.2) is 43.3 Å². The molecule has 0 atom stereocenters. The Morgan fingerprint density at radius 3 is 2.80 bits per heavy atom. The Bertz CT molecular complexity index is 1540. The van der Waals surface area contributed by atoms with Gasteiger partial charge in [-0.15, -0.1) is 0 Å². The minimum atomic E-state index is -0.307. The molecule has 0 aliphatic heterocycles. The van der Waals surface area contributed by atoms with Gasteiger partial charge < -0.3 is 30.1 Å². The summed E-state index contributed by atoms with van der Waals surface area (Å²) >= 11 is 0. The number of pyridine rings is 1. The third kappa shape index (κ3) is 4.41. The van der Waals surface area contributed by atoms with Crippen molar-refractivity contribution >= 4 is 16.7 Å². The van der Waals surface area contributed by atoms with Crippen molar-refractivity contribution in [2.24, 2.45) is 0 Å². The Labute approximate surface area is 201 Å². The monoisotopic (exact) mass is 470 g/mol. The molecule has 35 heavy (non-hydrogen) atoms. The second-order valence-electron chi connectivity index (χ2n) is 8.34. The van der Waals surface area contributed by atoms with Crippen molar-refractivity contribution in [2.75, 3.05) is 19.5 Å². The van der Waals surface area contributed by atoms with Crippen molar-refractivity contribution in [3.05, 3.63) is 88.4 Å². The molecule has 0 fully saturated rings. The number of aromatic nitrogens is 5. The Kier molecular flexibility index (Phi) is 6.07. The number of hydrogen-bond acceptors (Lipinski definition) is 6. The number of hydrogen-bond donors (Lipinski definition) is 4. The Balaban J connectivity index is 1.67. The molecule has 0 unspecified atom stereocenters. The largest absolute Gasteiger partial charge is 0.496 e. The van der Waals surface area contributed by atoms with Crippen molar-refractivity contribution in [3.8, 4) is 22.8 Å². The Morgan fingerprint density at radius 1 is 1.17 bits per heavy atom. The number of nitrogens with two attached hydrogens (primary N) is 1. The highest BCUT2D eigenvalue weighted by Crippen LogP contribution is 2.30. The number of rotatable bonds is 8. The van der Waals surface area contributed by atoms with Crippen molar-refractivity contribution in [1.82, 2.24) is 24.5 Å². The Hall–Kier alpha value is -4.37. The minimum Gasteiger partial charge on any atom is -0.496 e. The molecular weight excluding hydrogens is 444 g/mol. The number of methoxy groups -OCH3 is 1. The summed E-state index contributed by atoms with van der Waals surface area (Å²) in [7, 11) is 1.65. The summed E-state index contributed by atoms with van der Waals surface area (Å²) in [4.78, 5) is 27.4. The van der Waals surface area contributed by atoms with Gasteiger partial charge in [-0.05, 0) is 53.8 Å². The SMILES string of the molecule is COc1ccc(CCCO)cc1Cc1cc(-n2ccnc2)cc2[nH]c(-c3c(N)cc[nH]c3=O)nc12. The lowest BCUT2D eigenvalue weighted by molar-refractivity contribution is 0.288. The second kappa shape index (κ2) is 9.47. The molecule has 0 amide bonds. The summed E-state index contributed by atoms with van der Waals surface area (Å²) in [5.41, 5.74) is 12.0. The maximum atomic E-state index is 12.5. The fraction of sp³-hybridized carbons (Fsp3) is 0.192. The standard InChI is InChI=1S/C26H26N6O3/c1-35-22-5-4-16(3-2-10-33)11-17(22)12-18-13-19(32-9-8-28-15-32)14-21-24(18)31-25(30-21)23-20(27)6-7-29-26(23)34/h4-9,11,13-15,33H,2-3,10,12H2,1H3,(H,30,31)(H3,27,29,34). The average molecular weight is 471 g/mol. The summed E-state index contributed by atoms with van der Waals surface area (Å²) in [6, 6.07) is 11.8. The first-order valence-electron chi connectivity index (χ1n) is 11.3. The van der Waals surface area contributed by atoms with Crippen LogP contribution in [0, 0.1) is 0 Å². The van der Waals surface area contributed by atoms with Gasteiger partial charge in [0.05, 0.1) is 24.5 Å². The van der Waals surface area contributed by atoms with Crippen LogP contribution in [-0.2, 0) is 12.8 Å². The molecule has 5 rings (SSSR count). The molecule has 3 heterocycles. The molecule has 0 aliphatic carbocycles. The van der Waals surface area contributed by atoms with E-state index in [1.54, 1.807) is 25.7 Å². The van der Waals surface area contributed by atoms with Gasteiger partial charge in [0.25, 0.3) is 5.56 Å². The van der Waals surface area contributed by atoms with Crippen LogP contribution in [0.15, 0.2) is 66.1 Å². The number of nitrogen functional groups attached to an aromatic ring is 1. The van der Waals surface area contributed by atoms with Crippen LogP contribution in [0.25, 0.3) is 28.1 Å². The van der Waals surface area contributed by atoms with Crippen LogP contribution in [0.5, 0.6) is 5.75 Å². The van der Waals surface area contributed by atoms with Gasteiger partial charge in [-0.3, -0.25) is 4.79 Å². The van der Waals surface area contributed by atoms with Crippen molar-refractivity contribution in [1.29, 1.82) is 0 Å². The molecule has 2 aromatic carbocycles. The van der Waals surface area contributed by atoms with Crippen LogP contribution in [0.2, 0.25) is 0 Å². The molecule has 9 nitrogen and oxygen atoms in total. The van der Waals surface area contributed by atoms with Crippen LogP contribution in [0.1, 0.15) is 23.1 Å². The van der Waals surface area contributed by atoms with E-state index in [4.69, 9.17) is 15.5 Å². The lowest BCUT2D eigenvalue weighted by Gasteiger charge is -2.13. The molecule has 0 saturated carbocycles. The number of aryl methyl sites for hydroxylation is 1. The zero-order valence-electron chi connectivity index (χ0n) is 19.3. The van der Waals surface area contributed by atoms with Gasteiger partial charge in [-0.1, -0.05) is 12.1 Å². The van der Waals surface area contributed by atoms with Gasteiger partial charge in [0, 0.05) is 43.0 Å². The number of anilines is 1. The maximum absolute atomic E-state index is 12.5. The first-order chi connectivity index (χ1) is 17.1. The van der Waals surface area contributed by atoms with Crippen LogP contribution < -0.4 is 16.0 Å². The molecular formula is C26H26N6O3. The zero-order valence-corrected chi connectivity index (χ0v) is 19.3.